The summed E-state index contributed by atoms with van der Waals surface area (Å²) in [5.74, 6) is -0.659. The SMILES string of the molecule is FC(F)(F)C1CCC(CNCc2ccsc2)CC1. The Labute approximate surface area is 109 Å². The molecule has 18 heavy (non-hydrogen) atoms. The largest absolute Gasteiger partial charge is 0.391 e. The molecule has 1 fully saturated rings. The molecular weight excluding hydrogens is 259 g/mol. The zero-order chi connectivity index (χ0) is 13.0. The van der Waals surface area contributed by atoms with Gasteiger partial charge in [-0.15, -0.1) is 0 Å². The lowest BCUT2D eigenvalue weighted by Gasteiger charge is -2.29. The van der Waals surface area contributed by atoms with Crippen molar-refractivity contribution in [2.75, 3.05) is 6.54 Å². The lowest BCUT2D eigenvalue weighted by atomic mass is 9.81. The fourth-order valence-corrected chi connectivity index (χ4v) is 3.18. The predicted octanol–water partition coefficient (Wildman–Crippen LogP) is 4.21. The molecule has 102 valence electrons. The summed E-state index contributed by atoms with van der Waals surface area (Å²) in [4.78, 5) is 0. The average Bonchev–Trinajstić information content (AvgIpc) is 2.82. The predicted molar refractivity (Wildman–Crippen MR) is 67.5 cm³/mol. The Balaban J connectivity index is 1.65. The number of alkyl halides is 3. The molecule has 0 saturated heterocycles. The first-order chi connectivity index (χ1) is 8.55. The highest BCUT2D eigenvalue weighted by Crippen LogP contribution is 2.39. The Hall–Kier alpha value is -0.550. The zero-order valence-electron chi connectivity index (χ0n) is 10.2. The summed E-state index contributed by atoms with van der Waals surface area (Å²) in [5, 5.41) is 7.46. The molecule has 1 aliphatic carbocycles. The lowest BCUT2D eigenvalue weighted by Crippen LogP contribution is -2.31. The van der Waals surface area contributed by atoms with Crippen LogP contribution in [0.4, 0.5) is 13.2 Å². The standard InChI is InChI=1S/C13H18F3NS/c14-13(15,16)12-3-1-10(2-4-12)7-17-8-11-5-6-18-9-11/h5-6,9-10,12,17H,1-4,7-8H2. The fraction of sp³-hybridized carbons (Fsp3) is 0.692. The first kappa shape index (κ1) is 13.9. The van der Waals surface area contributed by atoms with Gasteiger partial charge in [-0.05, 0) is 60.5 Å². The van der Waals surface area contributed by atoms with Crippen LogP contribution in [0, 0.1) is 11.8 Å². The van der Waals surface area contributed by atoms with Crippen LogP contribution in [0.3, 0.4) is 0 Å². The smallest absolute Gasteiger partial charge is 0.312 e. The molecule has 1 aromatic heterocycles. The maximum absolute atomic E-state index is 12.5. The Kier molecular flexibility index (Phi) is 4.67. The van der Waals surface area contributed by atoms with Crippen molar-refractivity contribution >= 4 is 11.3 Å². The van der Waals surface area contributed by atoms with Crippen molar-refractivity contribution in [1.29, 1.82) is 0 Å². The van der Waals surface area contributed by atoms with Gasteiger partial charge >= 0.3 is 6.18 Å². The van der Waals surface area contributed by atoms with E-state index in [1.807, 2.05) is 5.38 Å². The summed E-state index contributed by atoms with van der Waals surface area (Å²) in [6.45, 7) is 1.66. The number of hydrogen-bond acceptors (Lipinski definition) is 2. The topological polar surface area (TPSA) is 12.0 Å². The molecule has 0 aromatic carbocycles. The van der Waals surface area contributed by atoms with Crippen LogP contribution in [-0.4, -0.2) is 12.7 Å². The summed E-state index contributed by atoms with van der Waals surface area (Å²) in [5.41, 5.74) is 1.25. The third kappa shape index (κ3) is 3.99. The number of nitrogens with one attached hydrogen (secondary N) is 1. The number of halogens is 3. The third-order valence-electron chi connectivity index (χ3n) is 3.65. The fourth-order valence-electron chi connectivity index (χ4n) is 2.51. The van der Waals surface area contributed by atoms with E-state index < -0.39 is 12.1 Å². The highest BCUT2D eigenvalue weighted by molar-refractivity contribution is 7.07. The van der Waals surface area contributed by atoms with Gasteiger partial charge < -0.3 is 5.32 Å². The van der Waals surface area contributed by atoms with E-state index in [0.717, 1.165) is 13.1 Å². The molecule has 5 heteroatoms. The molecular formula is C13H18F3NS. The second kappa shape index (κ2) is 6.06. The Morgan fingerprint density at radius 1 is 1.22 bits per heavy atom. The van der Waals surface area contributed by atoms with Crippen LogP contribution in [0.15, 0.2) is 16.8 Å². The maximum atomic E-state index is 12.5. The molecule has 0 spiro atoms. The van der Waals surface area contributed by atoms with E-state index >= 15 is 0 Å². The van der Waals surface area contributed by atoms with Crippen LogP contribution >= 0.6 is 11.3 Å². The van der Waals surface area contributed by atoms with E-state index in [4.69, 9.17) is 0 Å². The van der Waals surface area contributed by atoms with Crippen molar-refractivity contribution in [3.8, 4) is 0 Å². The van der Waals surface area contributed by atoms with Crippen molar-refractivity contribution in [1.82, 2.24) is 5.32 Å². The minimum atomic E-state index is -3.99. The molecule has 1 aliphatic rings. The normalized spacial score (nSPS) is 25.3. The van der Waals surface area contributed by atoms with Crippen molar-refractivity contribution in [2.45, 2.75) is 38.4 Å². The van der Waals surface area contributed by atoms with Gasteiger partial charge in [-0.25, -0.2) is 0 Å². The minimum Gasteiger partial charge on any atom is -0.312 e. The van der Waals surface area contributed by atoms with Crippen LogP contribution in [0.1, 0.15) is 31.2 Å². The van der Waals surface area contributed by atoms with Crippen LogP contribution < -0.4 is 5.32 Å². The number of rotatable bonds is 4. The number of thiophene rings is 1. The quantitative estimate of drug-likeness (QED) is 0.869. The van der Waals surface area contributed by atoms with Crippen LogP contribution in [-0.2, 0) is 6.54 Å². The molecule has 1 heterocycles. The van der Waals surface area contributed by atoms with E-state index in [2.05, 4.69) is 16.8 Å². The van der Waals surface area contributed by atoms with Gasteiger partial charge in [0.25, 0.3) is 0 Å². The zero-order valence-corrected chi connectivity index (χ0v) is 11.0. The Bertz CT molecular complexity index is 340. The van der Waals surface area contributed by atoms with E-state index in [1.165, 1.54) is 5.56 Å². The summed E-state index contributed by atoms with van der Waals surface area (Å²) < 4.78 is 37.5. The number of hydrogen-bond donors (Lipinski definition) is 1. The molecule has 0 aliphatic heterocycles. The Morgan fingerprint density at radius 3 is 2.50 bits per heavy atom. The van der Waals surface area contributed by atoms with Crippen molar-refractivity contribution in [3.05, 3.63) is 22.4 Å². The van der Waals surface area contributed by atoms with Crippen LogP contribution in [0.25, 0.3) is 0 Å². The summed E-state index contributed by atoms with van der Waals surface area (Å²) >= 11 is 1.66. The first-order valence-electron chi connectivity index (χ1n) is 6.34. The minimum absolute atomic E-state index is 0.300. The summed E-state index contributed by atoms with van der Waals surface area (Å²) in [7, 11) is 0. The van der Waals surface area contributed by atoms with Gasteiger partial charge in [0.1, 0.15) is 0 Å². The monoisotopic (exact) mass is 277 g/mol. The molecule has 1 aromatic rings. The van der Waals surface area contributed by atoms with E-state index in [9.17, 15) is 13.2 Å². The second-order valence-electron chi connectivity index (χ2n) is 5.02. The summed E-state index contributed by atoms with van der Waals surface area (Å²) in [6.07, 6.45) is -2.00. The van der Waals surface area contributed by atoms with Gasteiger partial charge in [0.2, 0.25) is 0 Å². The van der Waals surface area contributed by atoms with Crippen LogP contribution in [0.5, 0.6) is 0 Å². The lowest BCUT2D eigenvalue weighted by molar-refractivity contribution is -0.183. The van der Waals surface area contributed by atoms with E-state index in [-0.39, 0.29) is 0 Å². The molecule has 0 radical (unpaired) electrons. The van der Waals surface area contributed by atoms with E-state index in [1.54, 1.807) is 11.3 Å². The third-order valence-corrected chi connectivity index (χ3v) is 4.38. The van der Waals surface area contributed by atoms with Gasteiger partial charge in [-0.3, -0.25) is 0 Å². The van der Waals surface area contributed by atoms with Crippen molar-refractivity contribution in [2.24, 2.45) is 11.8 Å². The van der Waals surface area contributed by atoms with Gasteiger partial charge in [0.15, 0.2) is 0 Å². The molecule has 1 N–H and O–H groups in total. The maximum Gasteiger partial charge on any atom is 0.391 e. The molecule has 0 bridgehead atoms. The van der Waals surface area contributed by atoms with Crippen LogP contribution in [0.2, 0.25) is 0 Å². The highest BCUT2D eigenvalue weighted by atomic mass is 32.1. The molecule has 0 unspecified atom stereocenters. The molecule has 0 atom stereocenters. The molecule has 2 rings (SSSR count). The molecule has 0 amide bonds. The molecule has 1 saturated carbocycles. The van der Waals surface area contributed by atoms with Gasteiger partial charge in [-0.2, -0.15) is 24.5 Å². The Morgan fingerprint density at radius 2 is 1.94 bits per heavy atom. The van der Waals surface area contributed by atoms with Crippen molar-refractivity contribution in [3.63, 3.8) is 0 Å². The first-order valence-corrected chi connectivity index (χ1v) is 7.28. The second-order valence-corrected chi connectivity index (χ2v) is 5.80. The molecule has 1 nitrogen and oxygen atoms in total. The van der Waals surface area contributed by atoms with Gasteiger partial charge in [0.05, 0.1) is 5.92 Å². The van der Waals surface area contributed by atoms with E-state index in [0.29, 0.717) is 31.6 Å². The highest BCUT2D eigenvalue weighted by Gasteiger charge is 2.41. The van der Waals surface area contributed by atoms with Gasteiger partial charge in [-0.1, -0.05) is 0 Å². The summed E-state index contributed by atoms with van der Waals surface area (Å²) in [6, 6.07) is 2.07. The average molecular weight is 277 g/mol. The van der Waals surface area contributed by atoms with Gasteiger partial charge in [0, 0.05) is 6.54 Å². The van der Waals surface area contributed by atoms with Crippen molar-refractivity contribution < 1.29 is 13.2 Å².